The van der Waals surface area contributed by atoms with Crippen molar-refractivity contribution in [1.29, 1.82) is 0 Å². The van der Waals surface area contributed by atoms with Crippen molar-refractivity contribution in [3.05, 3.63) is 30.0 Å². The molecule has 6 nitrogen and oxygen atoms in total. The standard InChI is InChI=1S/C12H13N5OS/c18-10(16-12-15-5-7-19-12)9-2-6-17(8-9)11-13-3-1-4-14-11/h1,3-5,7,9H,2,6,8H2,(H,15,16,18)/t9-/m1/s1. The van der Waals surface area contributed by atoms with Gasteiger partial charge in [0, 0.05) is 37.1 Å². The molecule has 1 aliphatic rings. The Kier molecular flexibility index (Phi) is 3.37. The van der Waals surface area contributed by atoms with Gasteiger partial charge < -0.3 is 10.2 Å². The van der Waals surface area contributed by atoms with Gasteiger partial charge in [-0.25, -0.2) is 15.0 Å². The van der Waals surface area contributed by atoms with Gasteiger partial charge in [-0.1, -0.05) is 0 Å². The summed E-state index contributed by atoms with van der Waals surface area (Å²) >= 11 is 1.43. The number of nitrogens with zero attached hydrogens (tertiary/aromatic N) is 4. The molecule has 0 aliphatic carbocycles. The molecule has 1 N–H and O–H groups in total. The maximum Gasteiger partial charge on any atom is 0.231 e. The van der Waals surface area contributed by atoms with E-state index in [1.54, 1.807) is 24.7 Å². The van der Waals surface area contributed by atoms with Crippen molar-refractivity contribution in [3.8, 4) is 0 Å². The molecular weight excluding hydrogens is 262 g/mol. The lowest BCUT2D eigenvalue weighted by Crippen LogP contribution is -2.27. The molecule has 0 saturated carbocycles. The summed E-state index contributed by atoms with van der Waals surface area (Å²) < 4.78 is 0. The van der Waals surface area contributed by atoms with E-state index in [1.807, 2.05) is 10.3 Å². The SMILES string of the molecule is O=C(Nc1nccs1)[C@@H]1CCN(c2ncccn2)C1. The first kappa shape index (κ1) is 12.0. The normalized spacial score (nSPS) is 18.5. The Bertz CT molecular complexity index is 545. The smallest absolute Gasteiger partial charge is 0.231 e. The van der Waals surface area contributed by atoms with Gasteiger partial charge in [-0.15, -0.1) is 11.3 Å². The number of rotatable bonds is 3. The lowest BCUT2D eigenvalue weighted by molar-refractivity contribution is -0.119. The lowest BCUT2D eigenvalue weighted by Gasteiger charge is -2.15. The first-order valence-electron chi connectivity index (χ1n) is 6.05. The van der Waals surface area contributed by atoms with Crippen LogP contribution < -0.4 is 10.2 Å². The highest BCUT2D eigenvalue weighted by Gasteiger charge is 2.29. The molecule has 3 rings (SSSR count). The third-order valence-electron chi connectivity index (χ3n) is 3.06. The summed E-state index contributed by atoms with van der Waals surface area (Å²) in [5.74, 6) is 0.674. The second-order valence-corrected chi connectivity index (χ2v) is 5.20. The minimum atomic E-state index is -0.0345. The van der Waals surface area contributed by atoms with Crippen LogP contribution in [0.15, 0.2) is 30.0 Å². The van der Waals surface area contributed by atoms with E-state index >= 15 is 0 Å². The summed E-state index contributed by atoms with van der Waals surface area (Å²) in [6.07, 6.45) is 5.92. The minimum Gasteiger partial charge on any atom is -0.340 e. The van der Waals surface area contributed by atoms with Crippen LogP contribution >= 0.6 is 11.3 Å². The molecule has 1 amide bonds. The van der Waals surface area contributed by atoms with E-state index in [4.69, 9.17) is 0 Å². The zero-order valence-corrected chi connectivity index (χ0v) is 11.0. The maximum absolute atomic E-state index is 12.1. The number of carbonyl (C=O) groups is 1. The summed E-state index contributed by atoms with van der Waals surface area (Å²) in [6.45, 7) is 1.46. The van der Waals surface area contributed by atoms with Gasteiger partial charge in [0.2, 0.25) is 11.9 Å². The number of nitrogens with one attached hydrogen (secondary N) is 1. The van der Waals surface area contributed by atoms with E-state index in [0.29, 0.717) is 17.6 Å². The Balaban J connectivity index is 1.61. The maximum atomic E-state index is 12.1. The molecule has 1 saturated heterocycles. The highest BCUT2D eigenvalue weighted by molar-refractivity contribution is 7.13. The molecule has 1 aliphatic heterocycles. The summed E-state index contributed by atoms with van der Waals surface area (Å²) in [4.78, 5) is 26.6. The van der Waals surface area contributed by atoms with Crippen molar-refractivity contribution in [2.24, 2.45) is 5.92 Å². The van der Waals surface area contributed by atoms with Crippen molar-refractivity contribution in [2.45, 2.75) is 6.42 Å². The average Bonchev–Trinajstić information content (AvgIpc) is 3.10. The molecule has 19 heavy (non-hydrogen) atoms. The molecular formula is C12H13N5OS. The van der Waals surface area contributed by atoms with E-state index in [9.17, 15) is 4.79 Å². The van der Waals surface area contributed by atoms with E-state index < -0.39 is 0 Å². The number of aromatic nitrogens is 3. The quantitative estimate of drug-likeness (QED) is 0.916. The topological polar surface area (TPSA) is 71.0 Å². The van der Waals surface area contributed by atoms with Crippen LogP contribution in [0.1, 0.15) is 6.42 Å². The molecule has 2 aromatic rings. The largest absolute Gasteiger partial charge is 0.340 e. The summed E-state index contributed by atoms with van der Waals surface area (Å²) in [6, 6.07) is 1.78. The molecule has 0 unspecified atom stereocenters. The Morgan fingerprint density at radius 3 is 2.89 bits per heavy atom. The number of hydrogen-bond donors (Lipinski definition) is 1. The zero-order valence-electron chi connectivity index (χ0n) is 10.2. The van der Waals surface area contributed by atoms with Gasteiger partial charge in [0.1, 0.15) is 0 Å². The highest BCUT2D eigenvalue weighted by Crippen LogP contribution is 2.22. The number of amides is 1. The van der Waals surface area contributed by atoms with Gasteiger partial charge in [-0.2, -0.15) is 0 Å². The van der Waals surface area contributed by atoms with Gasteiger partial charge in [0.15, 0.2) is 5.13 Å². The van der Waals surface area contributed by atoms with Crippen LogP contribution in [0.2, 0.25) is 0 Å². The van der Waals surface area contributed by atoms with Crippen LogP contribution in [0, 0.1) is 5.92 Å². The molecule has 3 heterocycles. The van der Waals surface area contributed by atoms with Gasteiger partial charge in [-0.05, 0) is 12.5 Å². The molecule has 0 aromatic carbocycles. The molecule has 98 valence electrons. The molecule has 1 atom stereocenters. The first-order chi connectivity index (χ1) is 9.33. The molecule has 0 bridgehead atoms. The fourth-order valence-corrected chi connectivity index (χ4v) is 2.63. The van der Waals surface area contributed by atoms with Crippen molar-refractivity contribution >= 4 is 28.3 Å². The fourth-order valence-electron chi connectivity index (χ4n) is 2.10. The van der Waals surface area contributed by atoms with Crippen molar-refractivity contribution in [1.82, 2.24) is 15.0 Å². The zero-order chi connectivity index (χ0) is 13.1. The van der Waals surface area contributed by atoms with Crippen molar-refractivity contribution < 1.29 is 4.79 Å². The second-order valence-electron chi connectivity index (χ2n) is 4.31. The predicted octanol–water partition coefficient (Wildman–Crippen LogP) is 1.40. The van der Waals surface area contributed by atoms with Crippen LogP contribution in [0.4, 0.5) is 11.1 Å². The third-order valence-corrected chi connectivity index (χ3v) is 3.75. The van der Waals surface area contributed by atoms with Gasteiger partial charge >= 0.3 is 0 Å². The monoisotopic (exact) mass is 275 g/mol. The minimum absolute atomic E-state index is 0.0216. The fraction of sp³-hybridized carbons (Fsp3) is 0.333. The number of thiazole rings is 1. The van der Waals surface area contributed by atoms with Crippen LogP contribution in [-0.2, 0) is 4.79 Å². The predicted molar refractivity (Wildman–Crippen MR) is 73.1 cm³/mol. The molecule has 0 spiro atoms. The molecule has 0 radical (unpaired) electrons. The van der Waals surface area contributed by atoms with Gasteiger partial charge in [-0.3, -0.25) is 4.79 Å². The van der Waals surface area contributed by atoms with Gasteiger partial charge in [0.05, 0.1) is 5.92 Å². The number of carbonyl (C=O) groups excluding carboxylic acids is 1. The Morgan fingerprint density at radius 1 is 1.32 bits per heavy atom. The van der Waals surface area contributed by atoms with Crippen LogP contribution in [-0.4, -0.2) is 33.9 Å². The Labute approximate surface area is 114 Å². The number of hydrogen-bond acceptors (Lipinski definition) is 6. The van der Waals surface area contributed by atoms with Crippen LogP contribution in [0.25, 0.3) is 0 Å². The summed E-state index contributed by atoms with van der Waals surface area (Å²) in [5, 5.41) is 5.33. The van der Waals surface area contributed by atoms with Crippen LogP contribution in [0.3, 0.4) is 0 Å². The Hall–Kier alpha value is -2.02. The molecule has 2 aromatic heterocycles. The van der Waals surface area contributed by atoms with Crippen molar-refractivity contribution in [3.63, 3.8) is 0 Å². The summed E-state index contributed by atoms with van der Waals surface area (Å²) in [7, 11) is 0. The van der Waals surface area contributed by atoms with Gasteiger partial charge in [0.25, 0.3) is 0 Å². The Morgan fingerprint density at radius 2 is 2.16 bits per heavy atom. The van der Waals surface area contributed by atoms with E-state index in [2.05, 4.69) is 20.3 Å². The van der Waals surface area contributed by atoms with E-state index in [0.717, 1.165) is 13.0 Å². The van der Waals surface area contributed by atoms with E-state index in [1.165, 1.54) is 11.3 Å². The molecule has 1 fully saturated rings. The van der Waals surface area contributed by atoms with Crippen LogP contribution in [0.5, 0.6) is 0 Å². The van der Waals surface area contributed by atoms with Crippen molar-refractivity contribution in [2.75, 3.05) is 23.3 Å². The third kappa shape index (κ3) is 2.70. The number of anilines is 2. The second kappa shape index (κ2) is 5.31. The van der Waals surface area contributed by atoms with E-state index in [-0.39, 0.29) is 11.8 Å². The molecule has 7 heteroatoms. The first-order valence-corrected chi connectivity index (χ1v) is 6.93. The summed E-state index contributed by atoms with van der Waals surface area (Å²) in [5.41, 5.74) is 0. The average molecular weight is 275 g/mol. The highest BCUT2D eigenvalue weighted by atomic mass is 32.1. The lowest BCUT2D eigenvalue weighted by atomic mass is 10.1.